The lowest BCUT2D eigenvalue weighted by Crippen LogP contribution is -2.44. The first-order chi connectivity index (χ1) is 13.5. The highest BCUT2D eigenvalue weighted by Crippen LogP contribution is 2.34. The van der Waals surface area contributed by atoms with E-state index in [9.17, 15) is 9.59 Å². The molecule has 1 N–H and O–H groups in total. The summed E-state index contributed by atoms with van der Waals surface area (Å²) in [7, 11) is 1.56. The van der Waals surface area contributed by atoms with E-state index in [4.69, 9.17) is 21.7 Å². The van der Waals surface area contributed by atoms with Crippen molar-refractivity contribution in [3.8, 4) is 11.5 Å². The second-order valence-electron chi connectivity index (χ2n) is 5.67. The van der Waals surface area contributed by atoms with Gasteiger partial charge in [0.05, 0.1) is 18.6 Å². The van der Waals surface area contributed by atoms with Gasteiger partial charge in [-0.2, -0.15) is 5.01 Å². The Morgan fingerprint density at radius 3 is 2.64 bits per heavy atom. The van der Waals surface area contributed by atoms with Crippen LogP contribution in [0.2, 0.25) is 0 Å². The Balaban J connectivity index is 1.78. The highest BCUT2D eigenvalue weighted by atomic mass is 32.2. The Bertz CT molecular complexity index is 944. The number of carbonyl (C=O) groups excluding carboxylic acids is 2. The van der Waals surface area contributed by atoms with Crippen LogP contribution in [0, 0.1) is 0 Å². The van der Waals surface area contributed by atoms with Crippen molar-refractivity contribution in [3.63, 3.8) is 0 Å². The molecule has 1 saturated heterocycles. The molecular weight excluding hydrogens is 396 g/mol. The number of hydrogen-bond donors (Lipinski definition) is 1. The van der Waals surface area contributed by atoms with Gasteiger partial charge in [0.15, 0.2) is 15.8 Å². The van der Waals surface area contributed by atoms with E-state index >= 15 is 0 Å². The molecule has 0 spiro atoms. The topological polar surface area (TPSA) is 67.9 Å². The van der Waals surface area contributed by atoms with Gasteiger partial charge >= 0.3 is 0 Å². The molecule has 0 atom stereocenters. The number of thioether (sulfide) groups is 1. The van der Waals surface area contributed by atoms with Crippen LogP contribution in [0.15, 0.2) is 53.4 Å². The van der Waals surface area contributed by atoms with E-state index in [1.165, 1.54) is 0 Å². The van der Waals surface area contributed by atoms with Gasteiger partial charge in [0.25, 0.3) is 11.8 Å². The Kier molecular flexibility index (Phi) is 6.33. The van der Waals surface area contributed by atoms with Crippen LogP contribution >= 0.6 is 24.0 Å². The maximum Gasteiger partial charge on any atom is 0.285 e. The molecule has 0 saturated carbocycles. The maximum atomic E-state index is 12.7. The first-order valence-corrected chi connectivity index (χ1v) is 9.70. The molecule has 2 aromatic rings. The quantitative estimate of drug-likeness (QED) is 0.575. The fourth-order valence-corrected chi connectivity index (χ4v) is 3.70. The van der Waals surface area contributed by atoms with Crippen LogP contribution in [0.5, 0.6) is 11.5 Å². The number of amides is 2. The number of carbonyl (C=O) groups is 2. The van der Waals surface area contributed by atoms with E-state index in [-0.39, 0.29) is 10.2 Å². The van der Waals surface area contributed by atoms with Gasteiger partial charge in [0.2, 0.25) is 0 Å². The predicted molar refractivity (Wildman–Crippen MR) is 113 cm³/mol. The van der Waals surface area contributed by atoms with Crippen molar-refractivity contribution >= 4 is 46.2 Å². The van der Waals surface area contributed by atoms with Gasteiger partial charge in [-0.05, 0) is 55.0 Å². The molecule has 0 bridgehead atoms. The Morgan fingerprint density at radius 2 is 1.96 bits per heavy atom. The SMILES string of the molecule is CCOc1ccc(/C=C2/SC(=S)N(NC(=O)c3ccccc3)C2=O)cc1OC. The van der Waals surface area contributed by atoms with Crippen molar-refractivity contribution in [2.24, 2.45) is 0 Å². The number of ether oxygens (including phenoxy) is 2. The van der Waals surface area contributed by atoms with Gasteiger partial charge < -0.3 is 9.47 Å². The number of methoxy groups -OCH3 is 1. The van der Waals surface area contributed by atoms with Crippen molar-refractivity contribution in [2.45, 2.75) is 6.92 Å². The number of hydrogen-bond acceptors (Lipinski definition) is 6. The predicted octanol–water partition coefficient (Wildman–Crippen LogP) is 3.64. The van der Waals surface area contributed by atoms with Crippen molar-refractivity contribution in [3.05, 3.63) is 64.6 Å². The molecule has 2 amide bonds. The molecular formula is C20H18N2O4S2. The lowest BCUT2D eigenvalue weighted by atomic mass is 10.2. The molecule has 1 fully saturated rings. The molecule has 3 rings (SSSR count). The molecule has 1 heterocycles. The average Bonchev–Trinajstić information content (AvgIpc) is 2.97. The van der Waals surface area contributed by atoms with E-state index < -0.39 is 5.91 Å². The molecule has 1 aliphatic rings. The summed E-state index contributed by atoms with van der Waals surface area (Å²) < 4.78 is 11.1. The fraction of sp³-hybridized carbons (Fsp3) is 0.150. The monoisotopic (exact) mass is 414 g/mol. The molecule has 2 aromatic carbocycles. The summed E-state index contributed by atoms with van der Waals surface area (Å²) >= 11 is 6.37. The molecule has 0 aliphatic carbocycles. The molecule has 0 aromatic heterocycles. The molecule has 28 heavy (non-hydrogen) atoms. The number of thiocarbonyl (C=S) groups is 1. The summed E-state index contributed by atoms with van der Waals surface area (Å²) in [5, 5.41) is 1.09. The van der Waals surface area contributed by atoms with E-state index in [1.54, 1.807) is 49.6 Å². The lowest BCUT2D eigenvalue weighted by molar-refractivity contribution is -0.123. The highest BCUT2D eigenvalue weighted by Gasteiger charge is 2.33. The third-order valence-electron chi connectivity index (χ3n) is 3.83. The standard InChI is InChI=1S/C20H18N2O4S2/c1-3-26-15-10-9-13(11-16(15)25-2)12-17-19(24)22(20(27)28-17)21-18(23)14-7-5-4-6-8-14/h4-12H,3H2,1-2H3,(H,21,23)/b17-12+. The van der Waals surface area contributed by atoms with Crippen LogP contribution in [0.1, 0.15) is 22.8 Å². The van der Waals surface area contributed by atoms with Crippen molar-refractivity contribution in [1.82, 2.24) is 10.4 Å². The second kappa shape index (κ2) is 8.90. The summed E-state index contributed by atoms with van der Waals surface area (Å²) in [4.78, 5) is 25.4. The summed E-state index contributed by atoms with van der Waals surface area (Å²) in [6.07, 6.45) is 1.70. The normalized spacial score (nSPS) is 15.1. The fourth-order valence-electron chi connectivity index (χ4n) is 2.52. The molecule has 0 unspecified atom stereocenters. The summed E-state index contributed by atoms with van der Waals surface area (Å²) in [5.74, 6) is 0.418. The minimum absolute atomic E-state index is 0.262. The Morgan fingerprint density at radius 1 is 1.21 bits per heavy atom. The number of nitrogens with one attached hydrogen (secondary N) is 1. The van der Waals surface area contributed by atoms with Crippen LogP contribution in [-0.2, 0) is 4.79 Å². The number of rotatable bonds is 6. The minimum atomic E-state index is -0.402. The van der Waals surface area contributed by atoms with Gasteiger partial charge in [-0.15, -0.1) is 0 Å². The van der Waals surface area contributed by atoms with Crippen LogP contribution in [0.25, 0.3) is 6.08 Å². The van der Waals surface area contributed by atoms with E-state index in [0.717, 1.165) is 22.3 Å². The number of benzene rings is 2. The summed E-state index contributed by atoms with van der Waals surface area (Å²) in [6.45, 7) is 2.41. The van der Waals surface area contributed by atoms with E-state index in [2.05, 4.69) is 5.43 Å². The third-order valence-corrected chi connectivity index (χ3v) is 5.13. The smallest absolute Gasteiger partial charge is 0.285 e. The highest BCUT2D eigenvalue weighted by molar-refractivity contribution is 8.26. The second-order valence-corrected chi connectivity index (χ2v) is 7.34. The minimum Gasteiger partial charge on any atom is -0.493 e. The van der Waals surface area contributed by atoms with Crippen LogP contribution in [0.4, 0.5) is 0 Å². The third kappa shape index (κ3) is 4.35. The maximum absolute atomic E-state index is 12.7. The average molecular weight is 415 g/mol. The van der Waals surface area contributed by atoms with Crippen molar-refractivity contribution < 1.29 is 19.1 Å². The first-order valence-electron chi connectivity index (χ1n) is 8.48. The molecule has 8 heteroatoms. The molecule has 0 radical (unpaired) electrons. The lowest BCUT2D eigenvalue weighted by Gasteiger charge is -2.15. The van der Waals surface area contributed by atoms with Crippen LogP contribution in [0.3, 0.4) is 0 Å². The van der Waals surface area contributed by atoms with Gasteiger partial charge in [-0.3, -0.25) is 15.0 Å². The Hall–Kier alpha value is -2.84. The first kappa shape index (κ1) is 19.9. The van der Waals surface area contributed by atoms with Crippen molar-refractivity contribution in [2.75, 3.05) is 13.7 Å². The zero-order chi connectivity index (χ0) is 20.1. The van der Waals surface area contributed by atoms with Gasteiger partial charge in [-0.1, -0.05) is 36.0 Å². The van der Waals surface area contributed by atoms with Gasteiger partial charge in [0, 0.05) is 5.56 Å². The van der Waals surface area contributed by atoms with Crippen LogP contribution < -0.4 is 14.9 Å². The van der Waals surface area contributed by atoms with Crippen molar-refractivity contribution in [1.29, 1.82) is 0 Å². The number of hydrazine groups is 1. The zero-order valence-electron chi connectivity index (χ0n) is 15.3. The zero-order valence-corrected chi connectivity index (χ0v) is 16.9. The molecule has 1 aliphatic heterocycles. The van der Waals surface area contributed by atoms with E-state index in [0.29, 0.717) is 28.6 Å². The summed E-state index contributed by atoms with van der Waals surface area (Å²) in [6, 6.07) is 14.0. The largest absolute Gasteiger partial charge is 0.493 e. The van der Waals surface area contributed by atoms with E-state index in [1.807, 2.05) is 19.1 Å². The van der Waals surface area contributed by atoms with Crippen LogP contribution in [-0.4, -0.2) is 34.9 Å². The molecule has 144 valence electrons. The number of nitrogens with zero attached hydrogens (tertiary/aromatic N) is 1. The van der Waals surface area contributed by atoms with Gasteiger partial charge in [-0.25, -0.2) is 0 Å². The van der Waals surface area contributed by atoms with Gasteiger partial charge in [0.1, 0.15) is 0 Å². The summed E-state index contributed by atoms with van der Waals surface area (Å²) in [5.41, 5.74) is 3.76. The molecule has 6 nitrogen and oxygen atoms in total. The Labute approximate surface area is 172 Å².